The molecule has 24 heavy (non-hydrogen) atoms. The fourth-order valence-electron chi connectivity index (χ4n) is 3.67. The lowest BCUT2D eigenvalue weighted by atomic mass is 9.93. The van der Waals surface area contributed by atoms with E-state index in [0.29, 0.717) is 12.3 Å². The van der Waals surface area contributed by atoms with Crippen molar-refractivity contribution < 1.29 is 9.53 Å². The largest absolute Gasteiger partial charge is 0.376 e. The zero-order valence-electron chi connectivity index (χ0n) is 14.2. The van der Waals surface area contributed by atoms with E-state index >= 15 is 0 Å². The van der Waals surface area contributed by atoms with Crippen molar-refractivity contribution in [2.24, 2.45) is 5.92 Å². The Hall–Kier alpha value is -1.10. The number of hydrogen-bond acceptors (Lipinski definition) is 3. The van der Waals surface area contributed by atoms with E-state index in [-0.39, 0.29) is 30.5 Å². The molecule has 2 fully saturated rings. The first kappa shape index (κ1) is 19.2. The van der Waals surface area contributed by atoms with E-state index in [4.69, 9.17) is 4.74 Å². The van der Waals surface area contributed by atoms with Crippen LogP contribution in [-0.4, -0.2) is 31.7 Å². The Labute approximate surface area is 151 Å². The highest BCUT2D eigenvalue weighted by molar-refractivity contribution is 5.85. The molecular weight excluding hydrogens is 324 g/mol. The van der Waals surface area contributed by atoms with E-state index in [2.05, 4.69) is 22.8 Å². The van der Waals surface area contributed by atoms with Gasteiger partial charge < -0.3 is 15.4 Å². The molecule has 0 aliphatic carbocycles. The molecule has 134 valence electrons. The second-order valence-corrected chi connectivity index (χ2v) is 6.74. The molecule has 2 aliphatic rings. The number of amides is 1. The van der Waals surface area contributed by atoms with Crippen molar-refractivity contribution in [1.29, 1.82) is 0 Å². The molecule has 2 N–H and O–H groups in total. The van der Waals surface area contributed by atoms with Crippen LogP contribution >= 0.6 is 12.4 Å². The first-order chi connectivity index (χ1) is 11.3. The summed E-state index contributed by atoms with van der Waals surface area (Å²) in [6.07, 6.45) is 6.23. The molecule has 0 spiro atoms. The molecule has 0 bridgehead atoms. The van der Waals surface area contributed by atoms with Crippen molar-refractivity contribution in [3.8, 4) is 0 Å². The zero-order valence-corrected chi connectivity index (χ0v) is 15.0. The summed E-state index contributed by atoms with van der Waals surface area (Å²) >= 11 is 0. The Morgan fingerprint density at radius 1 is 1.21 bits per heavy atom. The monoisotopic (exact) mass is 352 g/mol. The second kappa shape index (κ2) is 10.0. The maximum atomic E-state index is 12.4. The van der Waals surface area contributed by atoms with Crippen LogP contribution in [-0.2, 0) is 9.53 Å². The molecule has 2 heterocycles. The number of hydrogen-bond donors (Lipinski definition) is 2. The van der Waals surface area contributed by atoms with Gasteiger partial charge in [-0.15, -0.1) is 12.4 Å². The molecule has 2 saturated heterocycles. The first-order valence-electron chi connectivity index (χ1n) is 8.99. The molecule has 2 aliphatic heterocycles. The highest BCUT2D eigenvalue weighted by Gasteiger charge is 2.28. The molecule has 1 aromatic rings. The van der Waals surface area contributed by atoms with Crippen LogP contribution in [0.3, 0.4) is 0 Å². The van der Waals surface area contributed by atoms with Gasteiger partial charge in [0.25, 0.3) is 0 Å². The summed E-state index contributed by atoms with van der Waals surface area (Å²) in [6.45, 7) is 2.99. The number of rotatable bonds is 6. The van der Waals surface area contributed by atoms with Crippen LogP contribution in [0.1, 0.15) is 50.1 Å². The molecule has 0 aromatic heterocycles. The van der Waals surface area contributed by atoms with Crippen LogP contribution in [0.15, 0.2) is 30.3 Å². The third-order valence-corrected chi connectivity index (χ3v) is 5.05. The van der Waals surface area contributed by atoms with E-state index in [1.165, 1.54) is 12.8 Å². The van der Waals surface area contributed by atoms with Crippen LogP contribution in [0.5, 0.6) is 0 Å². The predicted octanol–water partition coefficient (Wildman–Crippen LogP) is 3.22. The Balaban J connectivity index is 0.00000208. The van der Waals surface area contributed by atoms with Crippen LogP contribution < -0.4 is 10.6 Å². The van der Waals surface area contributed by atoms with Gasteiger partial charge in [0.2, 0.25) is 5.91 Å². The van der Waals surface area contributed by atoms with E-state index in [1.54, 1.807) is 0 Å². The lowest BCUT2D eigenvalue weighted by Crippen LogP contribution is -2.36. The van der Waals surface area contributed by atoms with E-state index < -0.39 is 0 Å². The smallest absolute Gasteiger partial charge is 0.220 e. The van der Waals surface area contributed by atoms with Gasteiger partial charge in [-0.2, -0.15) is 0 Å². The standard InChI is InChI=1S/C19H28N2O2.ClH/c22-18(9-8-15-10-12-20-13-11-15)21-19(17-7-4-14-23-17)16-5-2-1-3-6-16;/h1-3,5-6,15,17,19-20H,4,7-14H2,(H,21,22);1H. The molecule has 0 radical (unpaired) electrons. The molecular formula is C19H29ClN2O2. The van der Waals surface area contributed by atoms with Crippen molar-refractivity contribution >= 4 is 18.3 Å². The van der Waals surface area contributed by atoms with Crippen LogP contribution in [0.2, 0.25) is 0 Å². The topological polar surface area (TPSA) is 50.4 Å². The molecule has 2 unspecified atom stereocenters. The number of piperidine rings is 1. The average Bonchev–Trinajstić information content (AvgIpc) is 3.14. The van der Waals surface area contributed by atoms with Gasteiger partial charge in [0, 0.05) is 13.0 Å². The van der Waals surface area contributed by atoms with Crippen molar-refractivity contribution in [2.75, 3.05) is 19.7 Å². The Kier molecular flexibility index (Phi) is 8.03. The zero-order chi connectivity index (χ0) is 15.9. The number of benzene rings is 1. The molecule has 5 heteroatoms. The summed E-state index contributed by atoms with van der Waals surface area (Å²) in [5, 5.41) is 6.61. The summed E-state index contributed by atoms with van der Waals surface area (Å²) < 4.78 is 5.84. The molecule has 1 aromatic carbocycles. The summed E-state index contributed by atoms with van der Waals surface area (Å²) in [5.74, 6) is 0.854. The lowest BCUT2D eigenvalue weighted by Gasteiger charge is -2.26. The molecule has 2 atom stereocenters. The van der Waals surface area contributed by atoms with E-state index in [1.807, 2.05) is 18.2 Å². The highest BCUT2D eigenvalue weighted by Crippen LogP contribution is 2.27. The summed E-state index contributed by atoms with van der Waals surface area (Å²) in [7, 11) is 0. The van der Waals surface area contributed by atoms with Gasteiger partial charge in [0.15, 0.2) is 0 Å². The van der Waals surface area contributed by atoms with Crippen molar-refractivity contribution in [3.05, 3.63) is 35.9 Å². The SMILES string of the molecule is Cl.O=C(CCC1CCNCC1)NC(c1ccccc1)C1CCCO1. The summed E-state index contributed by atoms with van der Waals surface area (Å²) in [6, 6.07) is 10.2. The number of halogens is 1. The van der Waals surface area contributed by atoms with Gasteiger partial charge in [-0.1, -0.05) is 30.3 Å². The predicted molar refractivity (Wildman–Crippen MR) is 98.4 cm³/mol. The Morgan fingerprint density at radius 3 is 2.62 bits per heavy atom. The van der Waals surface area contributed by atoms with Gasteiger partial charge in [-0.05, 0) is 56.7 Å². The maximum Gasteiger partial charge on any atom is 0.220 e. The van der Waals surface area contributed by atoms with Crippen molar-refractivity contribution in [3.63, 3.8) is 0 Å². The minimum absolute atomic E-state index is 0. The summed E-state index contributed by atoms with van der Waals surface area (Å²) in [5.41, 5.74) is 1.15. The maximum absolute atomic E-state index is 12.4. The van der Waals surface area contributed by atoms with Crippen LogP contribution in [0, 0.1) is 5.92 Å². The van der Waals surface area contributed by atoms with Crippen LogP contribution in [0.25, 0.3) is 0 Å². The van der Waals surface area contributed by atoms with Crippen molar-refractivity contribution in [1.82, 2.24) is 10.6 Å². The number of carbonyl (C=O) groups excluding carboxylic acids is 1. The minimum Gasteiger partial charge on any atom is -0.376 e. The first-order valence-corrected chi connectivity index (χ1v) is 8.99. The van der Waals surface area contributed by atoms with E-state index in [0.717, 1.165) is 44.5 Å². The van der Waals surface area contributed by atoms with Crippen molar-refractivity contribution in [2.45, 2.75) is 50.7 Å². The number of nitrogens with one attached hydrogen (secondary N) is 2. The molecule has 4 nitrogen and oxygen atoms in total. The quantitative estimate of drug-likeness (QED) is 0.826. The fourth-order valence-corrected chi connectivity index (χ4v) is 3.67. The van der Waals surface area contributed by atoms with Gasteiger partial charge >= 0.3 is 0 Å². The second-order valence-electron chi connectivity index (χ2n) is 6.74. The van der Waals surface area contributed by atoms with Crippen LogP contribution in [0.4, 0.5) is 0 Å². The average molecular weight is 353 g/mol. The third-order valence-electron chi connectivity index (χ3n) is 5.05. The van der Waals surface area contributed by atoms with E-state index in [9.17, 15) is 4.79 Å². The molecule has 0 saturated carbocycles. The lowest BCUT2D eigenvalue weighted by molar-refractivity contribution is -0.123. The van der Waals surface area contributed by atoms with Gasteiger partial charge in [-0.25, -0.2) is 0 Å². The number of carbonyl (C=O) groups is 1. The highest BCUT2D eigenvalue weighted by atomic mass is 35.5. The molecule has 1 amide bonds. The normalized spacial score (nSPS) is 22.6. The van der Waals surface area contributed by atoms with Gasteiger partial charge in [0.1, 0.15) is 0 Å². The summed E-state index contributed by atoms with van der Waals surface area (Å²) in [4.78, 5) is 12.4. The van der Waals surface area contributed by atoms with Gasteiger partial charge in [0.05, 0.1) is 12.1 Å². The number of ether oxygens (including phenoxy) is 1. The molecule has 3 rings (SSSR count). The Morgan fingerprint density at radius 2 is 1.96 bits per heavy atom. The Bertz CT molecular complexity index is 485. The van der Waals surface area contributed by atoms with Gasteiger partial charge in [-0.3, -0.25) is 4.79 Å². The fraction of sp³-hybridized carbons (Fsp3) is 0.632. The third kappa shape index (κ3) is 5.47. The minimum atomic E-state index is -0.0146.